The molecule has 30 heavy (non-hydrogen) atoms. The number of nitrogens with two attached hydrogens (primary N) is 1. The average molecular weight is 434 g/mol. The Morgan fingerprint density at radius 2 is 1.63 bits per heavy atom. The van der Waals surface area contributed by atoms with Gasteiger partial charge in [0.2, 0.25) is 0 Å². The maximum atomic E-state index is 13.2. The Balaban J connectivity index is 0.00000218. The molecule has 7 nitrogen and oxygen atoms in total. The minimum Gasteiger partial charge on any atom is -0.744 e. The molecule has 0 amide bonds. The maximum Gasteiger partial charge on any atom is 1.00 e. The van der Waals surface area contributed by atoms with Crippen molar-refractivity contribution in [3.63, 3.8) is 0 Å². The predicted molar refractivity (Wildman–Crippen MR) is 105 cm³/mol. The molecule has 3 atom stereocenters. The summed E-state index contributed by atoms with van der Waals surface area (Å²) < 4.78 is 35.5. The van der Waals surface area contributed by atoms with E-state index >= 15 is 0 Å². The summed E-state index contributed by atoms with van der Waals surface area (Å²) in [6, 6.07) is 7.55. The van der Waals surface area contributed by atoms with Crippen LogP contribution in [0.15, 0.2) is 35.2 Å². The molecule has 0 radical (unpaired) electrons. The Labute approximate surface area is 196 Å². The zero-order chi connectivity index (χ0) is 20.5. The van der Waals surface area contributed by atoms with E-state index in [0.717, 1.165) is 25.3 Å². The fraction of sp³-hybridized carbons (Fsp3) is 0.333. The second-order valence-electron chi connectivity index (χ2n) is 8.17. The van der Waals surface area contributed by atoms with Crippen molar-refractivity contribution in [3.8, 4) is 0 Å². The van der Waals surface area contributed by atoms with Crippen LogP contribution in [0, 0.1) is 11.8 Å². The molecular formula is C21H19N2NaO5S. The summed E-state index contributed by atoms with van der Waals surface area (Å²) in [5, 5.41) is 3.29. The molecule has 2 aromatic carbocycles. The van der Waals surface area contributed by atoms with Gasteiger partial charge in [-0.3, -0.25) is 9.59 Å². The number of nitrogens with one attached hydrogen (secondary N) is 1. The van der Waals surface area contributed by atoms with Gasteiger partial charge in [0.25, 0.3) is 0 Å². The molecule has 0 spiro atoms. The van der Waals surface area contributed by atoms with Gasteiger partial charge < -0.3 is 15.6 Å². The molecule has 3 N–H and O–H groups in total. The Hall–Kier alpha value is -1.71. The number of nitrogen functional groups attached to an aromatic ring is 1. The zero-order valence-electron chi connectivity index (χ0n) is 16.5. The van der Waals surface area contributed by atoms with E-state index in [4.69, 9.17) is 5.73 Å². The summed E-state index contributed by atoms with van der Waals surface area (Å²) in [6.45, 7) is 0. The van der Waals surface area contributed by atoms with E-state index < -0.39 is 32.3 Å². The molecule has 150 valence electrons. The van der Waals surface area contributed by atoms with Gasteiger partial charge in [-0.05, 0) is 37.2 Å². The fourth-order valence-electron chi connectivity index (χ4n) is 5.24. The molecule has 0 aliphatic heterocycles. The van der Waals surface area contributed by atoms with Crippen LogP contribution in [0.1, 0.15) is 57.5 Å². The Morgan fingerprint density at radius 1 is 1.00 bits per heavy atom. The summed E-state index contributed by atoms with van der Waals surface area (Å²) in [4.78, 5) is 25.7. The summed E-state index contributed by atoms with van der Waals surface area (Å²) in [6.07, 6.45) is 4.26. The van der Waals surface area contributed by atoms with E-state index in [0.29, 0.717) is 11.8 Å². The van der Waals surface area contributed by atoms with Crippen molar-refractivity contribution < 1.29 is 52.1 Å². The van der Waals surface area contributed by atoms with Crippen LogP contribution in [-0.2, 0) is 10.1 Å². The minimum atomic E-state index is -4.93. The normalized spacial score (nSPS) is 24.2. The van der Waals surface area contributed by atoms with Crippen molar-refractivity contribution in [1.82, 2.24) is 0 Å². The topological polar surface area (TPSA) is 129 Å². The average Bonchev–Trinajstić information content (AvgIpc) is 3.29. The Kier molecular flexibility index (Phi) is 5.35. The summed E-state index contributed by atoms with van der Waals surface area (Å²) in [7, 11) is -4.93. The first kappa shape index (κ1) is 21.5. The third-order valence-electron chi connectivity index (χ3n) is 6.55. The quantitative estimate of drug-likeness (QED) is 0.325. The largest absolute Gasteiger partial charge is 1.00 e. The van der Waals surface area contributed by atoms with Crippen LogP contribution < -0.4 is 40.6 Å². The number of rotatable bonds is 3. The smallest absolute Gasteiger partial charge is 0.744 e. The van der Waals surface area contributed by atoms with Crippen LogP contribution >= 0.6 is 0 Å². The maximum absolute atomic E-state index is 13.2. The van der Waals surface area contributed by atoms with Gasteiger partial charge in [-0.1, -0.05) is 30.7 Å². The second kappa shape index (κ2) is 7.46. The number of hydrogen-bond acceptors (Lipinski definition) is 7. The number of hydrogen-bond donors (Lipinski definition) is 2. The van der Waals surface area contributed by atoms with E-state index in [2.05, 4.69) is 5.32 Å². The molecule has 9 heteroatoms. The van der Waals surface area contributed by atoms with Crippen LogP contribution in [0.5, 0.6) is 0 Å². The van der Waals surface area contributed by atoms with Crippen molar-refractivity contribution >= 4 is 33.1 Å². The monoisotopic (exact) mass is 434 g/mol. The Bertz CT molecular complexity index is 1190. The van der Waals surface area contributed by atoms with Crippen LogP contribution in [-0.4, -0.2) is 30.6 Å². The molecule has 2 aromatic rings. The molecule has 2 saturated carbocycles. The number of ketones is 2. The van der Waals surface area contributed by atoms with E-state index in [1.165, 1.54) is 12.5 Å². The van der Waals surface area contributed by atoms with E-state index in [1.54, 1.807) is 18.2 Å². The SMILES string of the molecule is Nc1c(S(=O)(=O)[O-])cc(NC2CC3CCC2C3)c2c1C(=O)c1ccccc1C2=O.[Na+]. The van der Waals surface area contributed by atoms with Crippen LogP contribution in [0.2, 0.25) is 0 Å². The predicted octanol–water partition coefficient (Wildman–Crippen LogP) is -0.447. The molecule has 3 unspecified atom stereocenters. The third kappa shape index (κ3) is 3.22. The minimum absolute atomic E-state index is 0. The number of carbonyl (C=O) groups excluding carboxylic acids is 2. The van der Waals surface area contributed by atoms with E-state index in [9.17, 15) is 22.6 Å². The standard InChI is InChI=1S/C21H20N2O5S.Na/c22-19-16(29(26,27)28)9-15(23-14-8-10-5-6-11(14)7-10)17-18(19)21(25)13-4-2-1-3-12(13)20(17)24;/h1-4,9-11,14,23H,5-8,22H2,(H,26,27,28);/q;+1/p-1. The van der Waals surface area contributed by atoms with Gasteiger partial charge in [0.05, 0.1) is 21.7 Å². The van der Waals surface area contributed by atoms with Crippen LogP contribution in [0.3, 0.4) is 0 Å². The fourth-order valence-corrected chi connectivity index (χ4v) is 5.87. The van der Waals surface area contributed by atoms with Crippen LogP contribution in [0.25, 0.3) is 0 Å². The van der Waals surface area contributed by atoms with Crippen molar-refractivity contribution in [3.05, 3.63) is 52.6 Å². The zero-order valence-corrected chi connectivity index (χ0v) is 19.3. The number of fused-ring (bicyclic) bond motifs is 4. The van der Waals surface area contributed by atoms with E-state index in [1.807, 2.05) is 0 Å². The van der Waals surface area contributed by atoms with Gasteiger partial charge in [0.1, 0.15) is 10.1 Å². The van der Waals surface area contributed by atoms with Crippen molar-refractivity contribution in [2.75, 3.05) is 11.1 Å². The van der Waals surface area contributed by atoms with Crippen molar-refractivity contribution in [2.24, 2.45) is 11.8 Å². The summed E-state index contributed by atoms with van der Waals surface area (Å²) >= 11 is 0. The van der Waals surface area contributed by atoms with Gasteiger partial charge >= 0.3 is 29.6 Å². The number of carbonyl (C=O) groups is 2. The first-order valence-corrected chi connectivity index (χ1v) is 11.0. The van der Waals surface area contributed by atoms with Gasteiger partial charge in [-0.15, -0.1) is 0 Å². The van der Waals surface area contributed by atoms with E-state index in [-0.39, 0.29) is 63.5 Å². The number of anilines is 2. The van der Waals surface area contributed by atoms with Gasteiger partial charge in [-0.2, -0.15) is 0 Å². The van der Waals surface area contributed by atoms with Gasteiger partial charge in [0.15, 0.2) is 11.6 Å². The molecule has 3 aliphatic rings. The first-order valence-electron chi connectivity index (χ1n) is 9.63. The summed E-state index contributed by atoms with van der Waals surface area (Å²) in [5.41, 5.74) is 5.97. The molecule has 2 bridgehead atoms. The third-order valence-corrected chi connectivity index (χ3v) is 7.42. The number of benzene rings is 2. The molecule has 0 saturated heterocycles. The Morgan fingerprint density at radius 3 is 2.17 bits per heavy atom. The van der Waals surface area contributed by atoms with Crippen molar-refractivity contribution in [2.45, 2.75) is 36.6 Å². The van der Waals surface area contributed by atoms with Crippen molar-refractivity contribution in [1.29, 1.82) is 0 Å². The molecule has 5 rings (SSSR count). The first-order chi connectivity index (χ1) is 13.8. The molecule has 0 heterocycles. The second-order valence-corrected chi connectivity index (χ2v) is 9.52. The molecule has 2 fully saturated rings. The van der Waals surface area contributed by atoms with Crippen LogP contribution in [0.4, 0.5) is 11.4 Å². The molecule has 3 aliphatic carbocycles. The van der Waals surface area contributed by atoms with Gasteiger partial charge in [0, 0.05) is 22.9 Å². The molecular weight excluding hydrogens is 415 g/mol. The van der Waals surface area contributed by atoms with Gasteiger partial charge in [-0.25, -0.2) is 8.42 Å². The molecule has 0 aromatic heterocycles. The summed E-state index contributed by atoms with van der Waals surface area (Å²) in [5.74, 6) is 0.0988.